The molecule has 0 atom stereocenters. The Labute approximate surface area is 225 Å². The number of piperidine rings is 1. The third kappa shape index (κ3) is 4.65. The number of nitrogens with zero attached hydrogens (tertiary/aromatic N) is 3. The molecule has 38 heavy (non-hydrogen) atoms. The van der Waals surface area contributed by atoms with Gasteiger partial charge in [0.05, 0.1) is 19.7 Å². The third-order valence-corrected chi connectivity index (χ3v) is 8.91. The summed E-state index contributed by atoms with van der Waals surface area (Å²) in [5.74, 6) is 1.63. The number of hydrogen-bond acceptors (Lipinski definition) is 5. The molecule has 0 bridgehead atoms. The summed E-state index contributed by atoms with van der Waals surface area (Å²) < 4.78 is 13.0. The molecule has 1 fully saturated rings. The van der Waals surface area contributed by atoms with Gasteiger partial charge in [-0.05, 0) is 110 Å². The van der Waals surface area contributed by atoms with Crippen molar-refractivity contribution in [3.63, 3.8) is 0 Å². The molecule has 3 aromatic rings. The van der Waals surface area contributed by atoms with E-state index in [1.54, 1.807) is 14.2 Å². The molecule has 2 aromatic carbocycles. The minimum Gasteiger partial charge on any atom is -0.493 e. The fraction of sp³-hybridized carbons (Fsp3) is 0.469. The van der Waals surface area contributed by atoms with Gasteiger partial charge in [-0.2, -0.15) is 0 Å². The first-order valence-electron chi connectivity index (χ1n) is 14.1. The molecule has 2 aliphatic heterocycles. The van der Waals surface area contributed by atoms with E-state index in [0.29, 0.717) is 12.6 Å². The molecule has 0 unspecified atom stereocenters. The lowest BCUT2D eigenvalue weighted by molar-refractivity contribution is 0.0945. The first kappa shape index (κ1) is 25.2. The number of fused-ring (bicyclic) bond motifs is 3. The summed E-state index contributed by atoms with van der Waals surface area (Å²) in [7, 11) is 3.40. The normalized spacial score (nSPS) is 18.4. The molecule has 1 saturated heterocycles. The van der Waals surface area contributed by atoms with Crippen molar-refractivity contribution < 1.29 is 9.47 Å². The van der Waals surface area contributed by atoms with Crippen LogP contribution in [0.4, 0.5) is 0 Å². The highest BCUT2D eigenvalue weighted by molar-refractivity contribution is 5.82. The minimum absolute atomic E-state index is 0.134. The number of ether oxygens (including phenoxy) is 2. The first-order chi connectivity index (χ1) is 18.6. The van der Waals surface area contributed by atoms with Crippen molar-refractivity contribution in [1.29, 1.82) is 0 Å². The zero-order chi connectivity index (χ0) is 26.2. The van der Waals surface area contributed by atoms with Crippen LogP contribution in [0.1, 0.15) is 47.1 Å². The molecular weight excluding hydrogens is 474 g/mol. The number of pyridine rings is 1. The Morgan fingerprint density at radius 3 is 2.29 bits per heavy atom. The van der Waals surface area contributed by atoms with Gasteiger partial charge in [0.15, 0.2) is 11.5 Å². The molecule has 0 radical (unpaired) electrons. The monoisotopic (exact) mass is 513 g/mol. The topological polar surface area (TPSA) is 46.9 Å². The van der Waals surface area contributed by atoms with Crippen LogP contribution in [0.25, 0.3) is 10.9 Å². The largest absolute Gasteiger partial charge is 0.493 e. The summed E-state index contributed by atoms with van der Waals surface area (Å²) in [4.78, 5) is 18.6. The van der Waals surface area contributed by atoms with E-state index in [2.05, 4.69) is 46.7 Å². The van der Waals surface area contributed by atoms with Gasteiger partial charge in [-0.1, -0.05) is 6.08 Å². The van der Waals surface area contributed by atoms with Crippen molar-refractivity contribution in [2.24, 2.45) is 0 Å². The van der Waals surface area contributed by atoms with Gasteiger partial charge in [0.25, 0.3) is 5.56 Å². The van der Waals surface area contributed by atoms with E-state index < -0.39 is 0 Å². The summed E-state index contributed by atoms with van der Waals surface area (Å²) in [5, 5.41) is 1.19. The van der Waals surface area contributed by atoms with Crippen molar-refractivity contribution in [2.45, 2.75) is 64.2 Å². The fourth-order valence-electron chi connectivity index (χ4n) is 6.84. The molecular formula is C32H39N3O3. The number of rotatable bonds is 7. The van der Waals surface area contributed by atoms with Crippen LogP contribution in [0, 0.1) is 0 Å². The van der Waals surface area contributed by atoms with Gasteiger partial charge in [-0.25, -0.2) is 0 Å². The predicted octanol–water partition coefficient (Wildman–Crippen LogP) is 4.72. The highest BCUT2D eigenvalue weighted by atomic mass is 16.5. The number of likely N-dealkylation sites (tertiary alicyclic amines) is 1. The second-order valence-corrected chi connectivity index (χ2v) is 11.1. The number of aryl methyl sites for hydroxylation is 2. The summed E-state index contributed by atoms with van der Waals surface area (Å²) in [6.45, 7) is 9.26. The van der Waals surface area contributed by atoms with Gasteiger partial charge >= 0.3 is 0 Å². The average Bonchev–Trinajstić information content (AvgIpc) is 3.41. The molecule has 3 heterocycles. The highest BCUT2D eigenvalue weighted by Crippen LogP contribution is 2.34. The molecule has 6 heteroatoms. The third-order valence-electron chi connectivity index (χ3n) is 8.91. The van der Waals surface area contributed by atoms with E-state index >= 15 is 0 Å². The number of aromatic nitrogens is 1. The quantitative estimate of drug-likeness (QED) is 0.428. The van der Waals surface area contributed by atoms with E-state index in [4.69, 9.17) is 9.47 Å². The number of benzene rings is 2. The number of allylic oxidation sites excluding steroid dienone is 1. The maximum atomic E-state index is 13.5. The van der Waals surface area contributed by atoms with Gasteiger partial charge in [-0.15, -0.1) is 6.58 Å². The zero-order valence-corrected chi connectivity index (χ0v) is 22.8. The lowest BCUT2D eigenvalue weighted by atomic mass is 9.94. The second-order valence-electron chi connectivity index (χ2n) is 11.1. The smallest absolute Gasteiger partial charge is 0.255 e. The van der Waals surface area contributed by atoms with E-state index in [9.17, 15) is 4.79 Å². The molecule has 6 rings (SSSR count). The standard InChI is InChI=1S/C32H39N3O3/c1-4-11-35-29-17-23-7-5-6-22(23)15-25(29)16-27(32(35)36)20-33-12-9-28(10-13-33)34-14-8-24-18-30(37-2)31(38-3)19-26(24)21-34/h4,15-19,28H,1,5-14,20-21H2,2-3H3. The van der Waals surface area contributed by atoms with Crippen LogP contribution in [-0.4, -0.2) is 54.3 Å². The van der Waals surface area contributed by atoms with Crippen molar-refractivity contribution in [3.05, 3.63) is 81.2 Å². The van der Waals surface area contributed by atoms with Gasteiger partial charge in [0, 0.05) is 37.8 Å². The van der Waals surface area contributed by atoms with Gasteiger partial charge < -0.3 is 14.0 Å². The number of methoxy groups -OCH3 is 2. The minimum atomic E-state index is 0.134. The van der Waals surface area contributed by atoms with Crippen LogP contribution in [0.3, 0.4) is 0 Å². The summed E-state index contributed by atoms with van der Waals surface area (Å²) in [6.07, 6.45) is 8.62. The zero-order valence-electron chi connectivity index (χ0n) is 22.8. The Morgan fingerprint density at radius 2 is 1.58 bits per heavy atom. The van der Waals surface area contributed by atoms with E-state index in [-0.39, 0.29) is 5.56 Å². The SMILES string of the molecule is C=CCn1c(=O)c(CN2CCC(N3CCc4cc(OC)c(OC)cc4C3)CC2)cc2cc3c(cc21)CCC3. The van der Waals surface area contributed by atoms with Crippen molar-refractivity contribution in [2.75, 3.05) is 33.9 Å². The van der Waals surface area contributed by atoms with Crippen LogP contribution >= 0.6 is 0 Å². The maximum absolute atomic E-state index is 13.5. The molecule has 1 aliphatic carbocycles. The van der Waals surface area contributed by atoms with Crippen LogP contribution in [0.15, 0.2) is 47.8 Å². The summed E-state index contributed by atoms with van der Waals surface area (Å²) >= 11 is 0. The van der Waals surface area contributed by atoms with E-state index in [1.165, 1.54) is 34.1 Å². The summed E-state index contributed by atoms with van der Waals surface area (Å²) in [6, 6.07) is 11.6. The van der Waals surface area contributed by atoms with Crippen LogP contribution in [0.5, 0.6) is 11.5 Å². The Kier molecular flexibility index (Phi) is 7.02. The Morgan fingerprint density at radius 1 is 0.895 bits per heavy atom. The van der Waals surface area contributed by atoms with Gasteiger partial charge in [0.1, 0.15) is 0 Å². The lowest BCUT2D eigenvalue weighted by Gasteiger charge is -2.40. The van der Waals surface area contributed by atoms with Crippen LogP contribution in [0.2, 0.25) is 0 Å². The lowest BCUT2D eigenvalue weighted by Crippen LogP contribution is -2.46. The molecule has 200 valence electrons. The highest BCUT2D eigenvalue weighted by Gasteiger charge is 2.29. The van der Waals surface area contributed by atoms with Crippen molar-refractivity contribution in [3.8, 4) is 11.5 Å². The second kappa shape index (κ2) is 10.6. The van der Waals surface area contributed by atoms with E-state index in [1.807, 2.05) is 10.6 Å². The maximum Gasteiger partial charge on any atom is 0.255 e. The van der Waals surface area contributed by atoms with Crippen LogP contribution in [-0.2, 0) is 38.9 Å². The van der Waals surface area contributed by atoms with Gasteiger partial charge in [-0.3, -0.25) is 14.6 Å². The number of hydrogen-bond donors (Lipinski definition) is 0. The van der Waals surface area contributed by atoms with Crippen molar-refractivity contribution in [1.82, 2.24) is 14.4 Å². The van der Waals surface area contributed by atoms with Gasteiger partial charge in [0.2, 0.25) is 0 Å². The first-order valence-corrected chi connectivity index (χ1v) is 14.1. The molecule has 0 spiro atoms. The van der Waals surface area contributed by atoms with Crippen LogP contribution < -0.4 is 15.0 Å². The molecule has 0 amide bonds. The van der Waals surface area contributed by atoms with E-state index in [0.717, 1.165) is 87.4 Å². The molecule has 3 aliphatic rings. The molecule has 6 nitrogen and oxygen atoms in total. The molecule has 0 N–H and O–H groups in total. The summed E-state index contributed by atoms with van der Waals surface area (Å²) in [5.41, 5.74) is 7.67. The van der Waals surface area contributed by atoms with Crippen molar-refractivity contribution >= 4 is 10.9 Å². The molecule has 1 aromatic heterocycles. The Balaban J connectivity index is 1.15. The Hall–Kier alpha value is -3.09. The molecule has 0 saturated carbocycles. The predicted molar refractivity (Wildman–Crippen MR) is 152 cm³/mol. The fourth-order valence-corrected chi connectivity index (χ4v) is 6.84. The average molecular weight is 514 g/mol. The Bertz CT molecular complexity index is 1420.